The van der Waals surface area contributed by atoms with E-state index in [0.29, 0.717) is 6.04 Å². The highest BCUT2D eigenvalue weighted by atomic mass is 16.5. The summed E-state index contributed by atoms with van der Waals surface area (Å²) in [4.78, 5) is 6.74. The van der Waals surface area contributed by atoms with Crippen molar-refractivity contribution < 1.29 is 4.74 Å². The third-order valence-electron chi connectivity index (χ3n) is 4.53. The van der Waals surface area contributed by atoms with Crippen molar-refractivity contribution in [3.63, 3.8) is 0 Å². The van der Waals surface area contributed by atoms with Crippen molar-refractivity contribution in [3.8, 4) is 11.4 Å². The Morgan fingerprint density at radius 1 is 1.08 bits per heavy atom. The summed E-state index contributed by atoms with van der Waals surface area (Å²) in [5.74, 6) is 0.826. The van der Waals surface area contributed by atoms with Crippen LogP contribution in [0.15, 0.2) is 61.2 Å². The summed E-state index contributed by atoms with van der Waals surface area (Å²) >= 11 is 0. The van der Waals surface area contributed by atoms with E-state index in [1.807, 2.05) is 53.6 Å². The molecule has 0 radical (unpaired) electrons. The SMILES string of the molecule is COc1ccccc1-n1cc(CN(Cc2cccnc2)C2CC2)cn1. The lowest BCUT2D eigenvalue weighted by Gasteiger charge is -2.21. The molecule has 5 heteroatoms. The number of para-hydroxylation sites is 2. The van der Waals surface area contributed by atoms with Gasteiger partial charge in [-0.25, -0.2) is 4.68 Å². The molecule has 2 heterocycles. The van der Waals surface area contributed by atoms with E-state index in [1.165, 1.54) is 24.0 Å². The summed E-state index contributed by atoms with van der Waals surface area (Å²) in [7, 11) is 1.69. The largest absolute Gasteiger partial charge is 0.494 e. The van der Waals surface area contributed by atoms with Gasteiger partial charge in [0, 0.05) is 43.3 Å². The average Bonchev–Trinajstić information content (AvgIpc) is 3.41. The Morgan fingerprint density at radius 3 is 2.68 bits per heavy atom. The highest BCUT2D eigenvalue weighted by Crippen LogP contribution is 2.30. The molecule has 0 bridgehead atoms. The summed E-state index contributed by atoms with van der Waals surface area (Å²) in [5, 5.41) is 4.53. The Hall–Kier alpha value is -2.66. The normalized spacial score (nSPS) is 14.0. The van der Waals surface area contributed by atoms with Gasteiger partial charge >= 0.3 is 0 Å². The van der Waals surface area contributed by atoms with Crippen LogP contribution in [0, 0.1) is 0 Å². The molecule has 25 heavy (non-hydrogen) atoms. The van der Waals surface area contributed by atoms with Gasteiger partial charge in [0.2, 0.25) is 0 Å². The summed E-state index contributed by atoms with van der Waals surface area (Å²) in [6.07, 6.45) is 10.4. The third-order valence-corrected chi connectivity index (χ3v) is 4.53. The lowest BCUT2D eigenvalue weighted by Crippen LogP contribution is -2.24. The molecule has 5 nitrogen and oxygen atoms in total. The lowest BCUT2D eigenvalue weighted by molar-refractivity contribution is 0.245. The predicted octanol–water partition coefficient (Wildman–Crippen LogP) is 3.44. The van der Waals surface area contributed by atoms with Crippen LogP contribution in [-0.2, 0) is 13.1 Å². The van der Waals surface area contributed by atoms with E-state index in [1.54, 1.807) is 7.11 Å². The fourth-order valence-corrected chi connectivity index (χ4v) is 3.11. The zero-order valence-electron chi connectivity index (χ0n) is 14.4. The van der Waals surface area contributed by atoms with Crippen molar-refractivity contribution in [3.05, 3.63) is 72.3 Å². The van der Waals surface area contributed by atoms with Crippen molar-refractivity contribution in [2.24, 2.45) is 0 Å². The molecule has 1 aliphatic carbocycles. The highest BCUT2D eigenvalue weighted by Gasteiger charge is 2.29. The molecule has 3 aromatic rings. The molecule has 1 aliphatic rings. The van der Waals surface area contributed by atoms with E-state index in [-0.39, 0.29) is 0 Å². The van der Waals surface area contributed by atoms with Gasteiger partial charge in [0.1, 0.15) is 11.4 Å². The van der Waals surface area contributed by atoms with E-state index in [4.69, 9.17) is 4.74 Å². The Labute approximate surface area is 147 Å². The van der Waals surface area contributed by atoms with Gasteiger partial charge in [0.05, 0.1) is 13.3 Å². The number of nitrogens with zero attached hydrogens (tertiary/aromatic N) is 4. The van der Waals surface area contributed by atoms with Gasteiger partial charge in [-0.15, -0.1) is 0 Å². The monoisotopic (exact) mass is 334 g/mol. The predicted molar refractivity (Wildman–Crippen MR) is 96.6 cm³/mol. The summed E-state index contributed by atoms with van der Waals surface area (Å²) in [5.41, 5.74) is 3.43. The number of benzene rings is 1. The van der Waals surface area contributed by atoms with Gasteiger partial charge in [-0.2, -0.15) is 5.10 Å². The second-order valence-corrected chi connectivity index (χ2v) is 6.46. The average molecular weight is 334 g/mol. The standard InChI is InChI=1S/C20H22N4O/c1-25-20-7-3-2-6-19(20)24-15-17(12-22-24)14-23(18-8-9-18)13-16-5-4-10-21-11-16/h2-7,10-12,15,18H,8-9,13-14H2,1H3. The summed E-state index contributed by atoms with van der Waals surface area (Å²) < 4.78 is 7.33. The molecule has 1 aromatic carbocycles. The number of aromatic nitrogens is 3. The van der Waals surface area contributed by atoms with Gasteiger partial charge in [0.25, 0.3) is 0 Å². The molecule has 128 valence electrons. The van der Waals surface area contributed by atoms with Gasteiger partial charge in [-0.1, -0.05) is 18.2 Å². The van der Waals surface area contributed by atoms with Crippen molar-refractivity contribution in [1.29, 1.82) is 0 Å². The minimum atomic E-state index is 0.676. The molecule has 1 fully saturated rings. The van der Waals surface area contributed by atoms with Gasteiger partial charge in [-0.05, 0) is 36.6 Å². The number of rotatable bonds is 7. The maximum Gasteiger partial charge on any atom is 0.144 e. The molecule has 4 rings (SSSR count). The minimum Gasteiger partial charge on any atom is -0.494 e. The second kappa shape index (κ2) is 7.07. The van der Waals surface area contributed by atoms with Crippen LogP contribution in [-0.4, -0.2) is 32.8 Å². The molecule has 1 saturated carbocycles. The maximum absolute atomic E-state index is 5.44. The van der Waals surface area contributed by atoms with Crippen LogP contribution in [0.5, 0.6) is 5.75 Å². The van der Waals surface area contributed by atoms with Crippen molar-refractivity contribution in [2.45, 2.75) is 32.0 Å². The smallest absolute Gasteiger partial charge is 0.144 e. The quantitative estimate of drug-likeness (QED) is 0.664. The minimum absolute atomic E-state index is 0.676. The fraction of sp³-hybridized carbons (Fsp3) is 0.300. The molecule has 0 atom stereocenters. The summed E-state index contributed by atoms with van der Waals surface area (Å²) in [6.45, 7) is 1.83. The number of hydrogen-bond acceptors (Lipinski definition) is 4. The molecule has 0 unspecified atom stereocenters. The third kappa shape index (κ3) is 3.72. The first-order valence-electron chi connectivity index (χ1n) is 8.63. The molecule has 0 amide bonds. The van der Waals surface area contributed by atoms with Gasteiger partial charge in [-0.3, -0.25) is 9.88 Å². The van der Waals surface area contributed by atoms with Crippen molar-refractivity contribution >= 4 is 0 Å². The van der Waals surface area contributed by atoms with Crippen LogP contribution in [0.25, 0.3) is 5.69 Å². The Morgan fingerprint density at radius 2 is 1.92 bits per heavy atom. The van der Waals surface area contributed by atoms with Crippen LogP contribution in [0.2, 0.25) is 0 Å². The van der Waals surface area contributed by atoms with Crippen LogP contribution in [0.3, 0.4) is 0 Å². The Bertz CT molecular complexity index is 826. The van der Waals surface area contributed by atoms with E-state index < -0.39 is 0 Å². The maximum atomic E-state index is 5.44. The topological polar surface area (TPSA) is 43.2 Å². The van der Waals surface area contributed by atoms with Crippen LogP contribution < -0.4 is 4.74 Å². The fourth-order valence-electron chi connectivity index (χ4n) is 3.11. The lowest BCUT2D eigenvalue weighted by atomic mass is 10.2. The Balaban J connectivity index is 1.51. The molecule has 0 spiro atoms. The number of methoxy groups -OCH3 is 1. The first-order chi connectivity index (χ1) is 12.3. The van der Waals surface area contributed by atoms with E-state index >= 15 is 0 Å². The molecule has 0 aliphatic heterocycles. The van der Waals surface area contributed by atoms with E-state index in [2.05, 4.69) is 27.2 Å². The molecule has 0 saturated heterocycles. The number of ether oxygens (including phenoxy) is 1. The molecular formula is C20H22N4O. The second-order valence-electron chi connectivity index (χ2n) is 6.46. The molecular weight excluding hydrogens is 312 g/mol. The molecule has 2 aromatic heterocycles. The van der Waals surface area contributed by atoms with Gasteiger partial charge < -0.3 is 4.74 Å². The van der Waals surface area contributed by atoms with Crippen LogP contribution >= 0.6 is 0 Å². The van der Waals surface area contributed by atoms with Crippen LogP contribution in [0.1, 0.15) is 24.0 Å². The number of pyridine rings is 1. The van der Waals surface area contributed by atoms with Crippen molar-refractivity contribution in [2.75, 3.05) is 7.11 Å². The highest BCUT2D eigenvalue weighted by molar-refractivity contribution is 5.46. The van der Waals surface area contributed by atoms with E-state index in [9.17, 15) is 0 Å². The van der Waals surface area contributed by atoms with Crippen molar-refractivity contribution in [1.82, 2.24) is 19.7 Å². The summed E-state index contributed by atoms with van der Waals surface area (Å²) in [6, 6.07) is 12.8. The van der Waals surface area contributed by atoms with Crippen LogP contribution in [0.4, 0.5) is 0 Å². The van der Waals surface area contributed by atoms with Gasteiger partial charge in [0.15, 0.2) is 0 Å². The number of hydrogen-bond donors (Lipinski definition) is 0. The Kier molecular flexibility index (Phi) is 4.48. The zero-order valence-corrected chi connectivity index (χ0v) is 14.4. The first-order valence-corrected chi connectivity index (χ1v) is 8.63. The molecule has 0 N–H and O–H groups in total. The van der Waals surface area contributed by atoms with E-state index in [0.717, 1.165) is 24.5 Å². The first kappa shape index (κ1) is 15.8. The zero-order chi connectivity index (χ0) is 17.1.